The van der Waals surface area contributed by atoms with Crippen LogP contribution in [0.5, 0.6) is 0 Å². The maximum atomic E-state index is 13.4. The minimum Gasteiger partial charge on any atom is -0.465 e. The Kier molecular flexibility index (Phi) is 24.7. The first-order chi connectivity index (χ1) is 22.5. The molecule has 0 heterocycles. The smallest absolute Gasteiger partial charge is 0.343 e. The van der Waals surface area contributed by atoms with Gasteiger partial charge in [-0.15, -0.1) is 0 Å². The van der Waals surface area contributed by atoms with Crippen molar-refractivity contribution in [3.63, 3.8) is 0 Å². The van der Waals surface area contributed by atoms with Crippen LogP contribution in [-0.2, 0) is 62.1 Å². The molecule has 47 heavy (non-hydrogen) atoms. The SMILES string of the molecule is CCC(COC)(COC)COC(=O)CC=CCC(CC(=O)OOC(CC)(CCOC)COC)C(=O)OCC(CC)(CCOC)COC. The third-order valence-corrected chi connectivity index (χ3v) is 8.49. The van der Waals surface area contributed by atoms with E-state index in [0.717, 1.165) is 0 Å². The summed E-state index contributed by atoms with van der Waals surface area (Å²) in [6.07, 6.45) is 6.00. The quantitative estimate of drug-likeness (QED) is 0.0456. The highest BCUT2D eigenvalue weighted by atomic mass is 17.2. The van der Waals surface area contributed by atoms with Gasteiger partial charge in [0.15, 0.2) is 0 Å². The van der Waals surface area contributed by atoms with Crippen LogP contribution >= 0.6 is 0 Å². The number of rotatable bonds is 30. The van der Waals surface area contributed by atoms with Gasteiger partial charge in [-0.2, -0.15) is 4.89 Å². The molecule has 13 heteroatoms. The Morgan fingerprint density at radius 2 is 1.15 bits per heavy atom. The van der Waals surface area contributed by atoms with Gasteiger partial charge in [-0.05, 0) is 32.1 Å². The Labute approximate surface area is 282 Å². The summed E-state index contributed by atoms with van der Waals surface area (Å²) in [6.45, 7) is 8.27. The van der Waals surface area contributed by atoms with Gasteiger partial charge in [-0.3, -0.25) is 14.5 Å². The van der Waals surface area contributed by atoms with Crippen LogP contribution < -0.4 is 0 Å². The van der Waals surface area contributed by atoms with Gasteiger partial charge in [-0.25, -0.2) is 4.79 Å². The highest BCUT2D eigenvalue weighted by Gasteiger charge is 2.35. The van der Waals surface area contributed by atoms with Gasteiger partial charge < -0.3 is 37.9 Å². The number of methoxy groups -OCH3 is 6. The lowest BCUT2D eigenvalue weighted by Gasteiger charge is -2.32. The molecule has 0 spiro atoms. The Bertz CT molecular complexity index is 874. The predicted octanol–water partition coefficient (Wildman–Crippen LogP) is 4.49. The number of allylic oxidation sites excluding steroid dienone is 1. The highest BCUT2D eigenvalue weighted by Crippen LogP contribution is 2.29. The van der Waals surface area contributed by atoms with Crippen molar-refractivity contribution >= 4 is 17.9 Å². The maximum absolute atomic E-state index is 13.4. The van der Waals surface area contributed by atoms with Crippen LogP contribution in [0.15, 0.2) is 12.2 Å². The van der Waals surface area contributed by atoms with Crippen LogP contribution in [0.1, 0.15) is 72.1 Å². The van der Waals surface area contributed by atoms with Crippen LogP contribution in [-0.4, -0.2) is 119 Å². The average molecular weight is 679 g/mol. The topological polar surface area (TPSA) is 144 Å². The van der Waals surface area contributed by atoms with Crippen LogP contribution in [0.4, 0.5) is 0 Å². The molecule has 0 aromatic heterocycles. The van der Waals surface area contributed by atoms with Gasteiger partial charge in [0.1, 0.15) is 12.2 Å². The largest absolute Gasteiger partial charge is 0.465 e. The number of carbonyl (C=O) groups excluding carboxylic acids is 3. The van der Waals surface area contributed by atoms with Crippen molar-refractivity contribution in [1.29, 1.82) is 0 Å². The molecule has 0 saturated carbocycles. The van der Waals surface area contributed by atoms with Gasteiger partial charge in [0.05, 0.1) is 57.2 Å². The standard InChI is InChI=1S/C34H62O13/c1-10-32(22-40-6,17-19-38-4)25-45-31(37)28(21-30(36)46-47-34(12-3,27-43-9)18-20-39-5)15-13-14-16-29(35)44-26-33(11-2,23-41-7)24-42-8/h13-14,28H,10-12,15-27H2,1-9H3. The molecular weight excluding hydrogens is 616 g/mol. The zero-order valence-corrected chi connectivity index (χ0v) is 30.4. The molecular formula is C34H62O13. The van der Waals surface area contributed by atoms with E-state index in [-0.39, 0.29) is 39.1 Å². The molecule has 0 fully saturated rings. The van der Waals surface area contributed by atoms with E-state index in [1.165, 1.54) is 7.11 Å². The lowest BCUT2D eigenvalue weighted by atomic mass is 9.83. The molecule has 0 aromatic carbocycles. The highest BCUT2D eigenvalue weighted by molar-refractivity contribution is 5.80. The Morgan fingerprint density at radius 1 is 0.596 bits per heavy atom. The fourth-order valence-corrected chi connectivity index (χ4v) is 4.97. The Hall–Kier alpha value is -2.13. The summed E-state index contributed by atoms with van der Waals surface area (Å²) in [6, 6.07) is 0. The number of hydrogen-bond donors (Lipinski definition) is 0. The van der Waals surface area contributed by atoms with Crippen molar-refractivity contribution in [3.8, 4) is 0 Å². The molecule has 3 unspecified atom stereocenters. The molecule has 0 radical (unpaired) electrons. The van der Waals surface area contributed by atoms with Crippen LogP contribution in [0.3, 0.4) is 0 Å². The molecule has 13 nitrogen and oxygen atoms in total. The van der Waals surface area contributed by atoms with Gasteiger partial charge in [-0.1, -0.05) is 32.9 Å². The molecule has 3 atom stereocenters. The molecule has 0 aliphatic rings. The molecule has 0 aliphatic heterocycles. The van der Waals surface area contributed by atoms with E-state index < -0.39 is 40.3 Å². The summed E-state index contributed by atoms with van der Waals surface area (Å²) in [5, 5.41) is 0. The number of hydrogen-bond acceptors (Lipinski definition) is 13. The van der Waals surface area contributed by atoms with Gasteiger partial charge in [0.25, 0.3) is 0 Å². The fourth-order valence-electron chi connectivity index (χ4n) is 4.97. The monoisotopic (exact) mass is 678 g/mol. The molecule has 0 amide bonds. The second-order valence-corrected chi connectivity index (χ2v) is 12.1. The van der Waals surface area contributed by atoms with E-state index >= 15 is 0 Å². The second-order valence-electron chi connectivity index (χ2n) is 12.1. The normalized spacial score (nSPS) is 15.2. The summed E-state index contributed by atoms with van der Waals surface area (Å²) < 4.78 is 43.1. The third kappa shape index (κ3) is 17.7. The molecule has 276 valence electrons. The van der Waals surface area contributed by atoms with E-state index in [9.17, 15) is 14.4 Å². The van der Waals surface area contributed by atoms with Gasteiger partial charge >= 0.3 is 17.9 Å². The van der Waals surface area contributed by atoms with Crippen molar-refractivity contribution in [2.75, 3.05) is 95.5 Å². The zero-order valence-electron chi connectivity index (χ0n) is 30.4. The zero-order chi connectivity index (χ0) is 35.6. The van der Waals surface area contributed by atoms with Crippen molar-refractivity contribution < 1.29 is 62.1 Å². The predicted molar refractivity (Wildman–Crippen MR) is 175 cm³/mol. The molecule has 0 rings (SSSR count). The third-order valence-electron chi connectivity index (χ3n) is 8.49. The Morgan fingerprint density at radius 3 is 1.68 bits per heavy atom. The fraction of sp³-hybridized carbons (Fsp3) is 0.853. The second kappa shape index (κ2) is 25.8. The van der Waals surface area contributed by atoms with Gasteiger partial charge in [0, 0.05) is 67.7 Å². The molecule has 0 N–H and O–H groups in total. The summed E-state index contributed by atoms with van der Waals surface area (Å²) in [7, 11) is 9.49. The first kappa shape index (κ1) is 44.9. The summed E-state index contributed by atoms with van der Waals surface area (Å²) in [4.78, 5) is 49.7. The van der Waals surface area contributed by atoms with Crippen LogP contribution in [0.25, 0.3) is 0 Å². The van der Waals surface area contributed by atoms with E-state index in [0.29, 0.717) is 65.1 Å². The van der Waals surface area contributed by atoms with E-state index in [2.05, 4.69) is 0 Å². The van der Waals surface area contributed by atoms with E-state index in [4.69, 9.17) is 47.7 Å². The summed E-state index contributed by atoms with van der Waals surface area (Å²) in [5.74, 6) is -2.65. The minimum atomic E-state index is -0.902. The first-order valence-corrected chi connectivity index (χ1v) is 16.3. The average Bonchev–Trinajstić information content (AvgIpc) is 3.07. The maximum Gasteiger partial charge on any atom is 0.343 e. The number of carbonyl (C=O) groups is 3. The van der Waals surface area contributed by atoms with Crippen LogP contribution in [0.2, 0.25) is 0 Å². The van der Waals surface area contributed by atoms with Crippen molar-refractivity contribution in [3.05, 3.63) is 12.2 Å². The molecule has 0 saturated heterocycles. The van der Waals surface area contributed by atoms with Gasteiger partial charge in [0.2, 0.25) is 0 Å². The first-order valence-electron chi connectivity index (χ1n) is 16.3. The molecule has 0 aromatic rings. The minimum absolute atomic E-state index is 0.0194. The lowest BCUT2D eigenvalue weighted by molar-refractivity contribution is -0.344. The Balaban J connectivity index is 5.67. The van der Waals surface area contributed by atoms with E-state index in [1.54, 1.807) is 47.7 Å². The number of esters is 2. The lowest BCUT2D eigenvalue weighted by Crippen LogP contribution is -2.39. The van der Waals surface area contributed by atoms with E-state index in [1.807, 2.05) is 20.8 Å². The van der Waals surface area contributed by atoms with Crippen molar-refractivity contribution in [1.82, 2.24) is 0 Å². The number of ether oxygens (including phenoxy) is 8. The van der Waals surface area contributed by atoms with Crippen LogP contribution in [0, 0.1) is 16.7 Å². The van der Waals surface area contributed by atoms with Crippen molar-refractivity contribution in [2.45, 2.75) is 77.7 Å². The summed E-state index contributed by atoms with van der Waals surface area (Å²) >= 11 is 0. The molecule has 0 aliphatic carbocycles. The van der Waals surface area contributed by atoms with Crippen molar-refractivity contribution in [2.24, 2.45) is 16.7 Å². The summed E-state index contributed by atoms with van der Waals surface area (Å²) in [5.41, 5.74) is -1.79. The molecule has 0 bridgehead atoms.